The van der Waals surface area contributed by atoms with E-state index >= 15 is 0 Å². The molecule has 1 aromatic heterocycles. The first-order chi connectivity index (χ1) is 16.6. The van der Waals surface area contributed by atoms with E-state index < -0.39 is 0 Å². The summed E-state index contributed by atoms with van der Waals surface area (Å²) in [6, 6.07) is 11.5. The zero-order valence-corrected chi connectivity index (χ0v) is 19.5. The van der Waals surface area contributed by atoms with Crippen LogP contribution in [0.2, 0.25) is 0 Å². The number of anilines is 1. The molecule has 8 heteroatoms. The van der Waals surface area contributed by atoms with Crippen LogP contribution in [-0.2, 0) is 11.2 Å². The van der Waals surface area contributed by atoms with Crippen molar-refractivity contribution in [3.05, 3.63) is 54.4 Å². The van der Waals surface area contributed by atoms with Crippen LogP contribution in [0.1, 0.15) is 18.4 Å². The van der Waals surface area contributed by atoms with Gasteiger partial charge in [-0.25, -0.2) is 0 Å². The van der Waals surface area contributed by atoms with Crippen LogP contribution in [0.25, 0.3) is 11.1 Å². The molecule has 2 N–H and O–H groups in total. The van der Waals surface area contributed by atoms with Crippen molar-refractivity contribution in [1.29, 1.82) is 0 Å². The van der Waals surface area contributed by atoms with E-state index in [-0.39, 0.29) is 17.9 Å². The minimum Gasteiger partial charge on any atom is -0.497 e. The van der Waals surface area contributed by atoms with E-state index in [1.54, 1.807) is 13.3 Å². The van der Waals surface area contributed by atoms with E-state index in [0.29, 0.717) is 24.5 Å². The van der Waals surface area contributed by atoms with E-state index in [4.69, 9.17) is 14.2 Å². The van der Waals surface area contributed by atoms with Crippen molar-refractivity contribution in [2.75, 3.05) is 39.2 Å². The Labute approximate surface area is 199 Å². The van der Waals surface area contributed by atoms with E-state index in [1.807, 2.05) is 42.6 Å². The van der Waals surface area contributed by atoms with Crippen molar-refractivity contribution in [3.63, 3.8) is 0 Å². The Morgan fingerprint density at radius 3 is 2.94 bits per heavy atom. The Balaban J connectivity index is 1.36. The Bertz CT molecular complexity index is 1150. The molecule has 0 unspecified atom stereocenters. The third-order valence-corrected chi connectivity index (χ3v) is 6.49. The highest BCUT2D eigenvalue weighted by Crippen LogP contribution is 2.35. The number of aromatic amines is 1. The molecule has 2 aliphatic rings. The SMILES string of the molecule is COc1ccc2c(c1)C[C@@H](C(=O)Nc1ccc(-c3cn[nH]c3)cc1O[C@H]1CCCN(C)C1)CO2. The second-order valence-electron chi connectivity index (χ2n) is 9.02. The Morgan fingerprint density at radius 1 is 1.24 bits per heavy atom. The number of hydrogen-bond donors (Lipinski definition) is 2. The second-order valence-corrected chi connectivity index (χ2v) is 9.02. The van der Waals surface area contributed by atoms with Crippen molar-refractivity contribution >= 4 is 11.6 Å². The molecule has 1 saturated heterocycles. The second kappa shape index (κ2) is 9.77. The van der Waals surface area contributed by atoms with Gasteiger partial charge in [0, 0.05) is 18.3 Å². The predicted molar refractivity (Wildman–Crippen MR) is 129 cm³/mol. The number of H-pyrrole nitrogens is 1. The van der Waals surface area contributed by atoms with Gasteiger partial charge in [0.2, 0.25) is 5.91 Å². The number of rotatable bonds is 6. The van der Waals surface area contributed by atoms with Gasteiger partial charge < -0.3 is 24.4 Å². The molecule has 0 aliphatic carbocycles. The van der Waals surface area contributed by atoms with Gasteiger partial charge in [-0.15, -0.1) is 0 Å². The average Bonchev–Trinajstić information content (AvgIpc) is 3.39. The number of piperidine rings is 1. The molecule has 2 aliphatic heterocycles. The molecule has 0 bridgehead atoms. The molecule has 2 atom stereocenters. The third-order valence-electron chi connectivity index (χ3n) is 6.49. The summed E-state index contributed by atoms with van der Waals surface area (Å²) >= 11 is 0. The summed E-state index contributed by atoms with van der Waals surface area (Å²) in [5, 5.41) is 10.0. The largest absolute Gasteiger partial charge is 0.497 e. The number of aromatic nitrogens is 2. The fraction of sp³-hybridized carbons (Fsp3) is 0.385. The number of fused-ring (bicyclic) bond motifs is 1. The predicted octanol–water partition coefficient (Wildman–Crippen LogP) is 3.75. The van der Waals surface area contributed by atoms with Crippen LogP contribution < -0.4 is 19.5 Å². The van der Waals surface area contributed by atoms with Gasteiger partial charge in [0.25, 0.3) is 0 Å². The Hall–Kier alpha value is -3.52. The summed E-state index contributed by atoms with van der Waals surface area (Å²) in [6.45, 7) is 2.27. The maximum absolute atomic E-state index is 13.2. The average molecular weight is 463 g/mol. The number of likely N-dealkylation sites (N-methyl/N-ethyl adjacent to an activating group) is 1. The molecular weight excluding hydrogens is 432 g/mol. The number of nitrogens with one attached hydrogen (secondary N) is 2. The zero-order chi connectivity index (χ0) is 23.5. The van der Waals surface area contributed by atoms with Gasteiger partial charge in [0.05, 0.1) is 24.9 Å². The quantitative estimate of drug-likeness (QED) is 0.580. The van der Waals surface area contributed by atoms with Crippen LogP contribution in [0.4, 0.5) is 5.69 Å². The van der Waals surface area contributed by atoms with Crippen LogP contribution >= 0.6 is 0 Å². The smallest absolute Gasteiger partial charge is 0.231 e. The molecule has 3 aromatic rings. The van der Waals surface area contributed by atoms with Crippen molar-refractivity contribution in [1.82, 2.24) is 15.1 Å². The maximum atomic E-state index is 13.2. The number of likely N-dealkylation sites (tertiary alicyclic amines) is 1. The van der Waals surface area contributed by atoms with Crippen LogP contribution in [0.3, 0.4) is 0 Å². The summed E-state index contributed by atoms with van der Waals surface area (Å²) in [6.07, 6.45) is 6.37. The van der Waals surface area contributed by atoms with Crippen LogP contribution in [0.5, 0.6) is 17.2 Å². The highest BCUT2D eigenvalue weighted by Gasteiger charge is 2.28. The van der Waals surface area contributed by atoms with Gasteiger partial charge >= 0.3 is 0 Å². The number of hydrogen-bond acceptors (Lipinski definition) is 6. The summed E-state index contributed by atoms with van der Waals surface area (Å²) < 4.78 is 17.6. The summed E-state index contributed by atoms with van der Waals surface area (Å²) in [4.78, 5) is 15.5. The lowest BCUT2D eigenvalue weighted by Gasteiger charge is -2.31. The summed E-state index contributed by atoms with van der Waals surface area (Å²) in [5.74, 6) is 1.84. The molecule has 0 radical (unpaired) electrons. The zero-order valence-electron chi connectivity index (χ0n) is 19.5. The number of carbonyl (C=O) groups excluding carboxylic acids is 1. The first-order valence-corrected chi connectivity index (χ1v) is 11.7. The molecule has 2 aromatic carbocycles. The first kappa shape index (κ1) is 22.3. The molecule has 5 rings (SSSR count). The molecule has 178 valence electrons. The molecule has 8 nitrogen and oxygen atoms in total. The molecular formula is C26H30N4O4. The minimum absolute atomic E-state index is 0.0753. The van der Waals surface area contributed by atoms with Crippen LogP contribution in [-0.4, -0.2) is 61.0 Å². The number of amides is 1. The molecule has 1 amide bonds. The molecule has 0 saturated carbocycles. The normalized spacial score (nSPS) is 20.2. The number of ether oxygens (including phenoxy) is 3. The molecule has 3 heterocycles. The van der Waals surface area contributed by atoms with Gasteiger partial charge in [-0.05, 0) is 74.3 Å². The highest BCUT2D eigenvalue weighted by atomic mass is 16.5. The van der Waals surface area contributed by atoms with E-state index in [2.05, 4.69) is 27.5 Å². The standard InChI is InChI=1S/C26H30N4O4/c1-30-9-3-4-22(15-30)34-25-12-17(20-13-27-28-14-20)5-7-23(25)29-26(31)19-10-18-11-21(32-2)6-8-24(18)33-16-19/h5-8,11-14,19,22H,3-4,9-10,15-16H2,1-2H3,(H,27,28)(H,29,31)/t19-,22+/m1/s1. The summed E-state index contributed by atoms with van der Waals surface area (Å²) in [5.41, 5.74) is 3.59. The van der Waals surface area contributed by atoms with Crippen molar-refractivity contribution in [2.45, 2.75) is 25.4 Å². The molecule has 0 spiro atoms. The van der Waals surface area contributed by atoms with E-state index in [9.17, 15) is 4.79 Å². The monoisotopic (exact) mass is 462 g/mol. The lowest BCUT2D eigenvalue weighted by Crippen LogP contribution is -2.38. The minimum atomic E-state index is -0.304. The number of methoxy groups -OCH3 is 1. The highest BCUT2D eigenvalue weighted by molar-refractivity contribution is 5.95. The number of nitrogens with zero attached hydrogens (tertiary/aromatic N) is 2. The Morgan fingerprint density at radius 2 is 2.15 bits per heavy atom. The summed E-state index contributed by atoms with van der Waals surface area (Å²) in [7, 11) is 3.74. The fourth-order valence-corrected chi connectivity index (χ4v) is 4.61. The van der Waals surface area contributed by atoms with Gasteiger partial charge in [0.15, 0.2) is 0 Å². The van der Waals surface area contributed by atoms with Gasteiger partial charge in [-0.1, -0.05) is 6.07 Å². The van der Waals surface area contributed by atoms with Crippen LogP contribution in [0, 0.1) is 5.92 Å². The van der Waals surface area contributed by atoms with Gasteiger partial charge in [-0.2, -0.15) is 5.10 Å². The Kier molecular flexibility index (Phi) is 6.40. The van der Waals surface area contributed by atoms with E-state index in [0.717, 1.165) is 54.1 Å². The van der Waals surface area contributed by atoms with Crippen molar-refractivity contribution < 1.29 is 19.0 Å². The fourth-order valence-electron chi connectivity index (χ4n) is 4.61. The van der Waals surface area contributed by atoms with Gasteiger partial charge in [-0.3, -0.25) is 9.89 Å². The third kappa shape index (κ3) is 4.87. The number of carbonyl (C=O) groups is 1. The van der Waals surface area contributed by atoms with Crippen molar-refractivity contribution in [3.8, 4) is 28.4 Å². The van der Waals surface area contributed by atoms with Gasteiger partial charge in [0.1, 0.15) is 30.0 Å². The molecule has 34 heavy (non-hydrogen) atoms. The van der Waals surface area contributed by atoms with Crippen LogP contribution in [0.15, 0.2) is 48.8 Å². The first-order valence-electron chi connectivity index (χ1n) is 11.7. The lowest BCUT2D eigenvalue weighted by molar-refractivity contribution is -0.121. The topological polar surface area (TPSA) is 88.7 Å². The van der Waals surface area contributed by atoms with Crippen molar-refractivity contribution in [2.24, 2.45) is 5.92 Å². The molecule has 1 fully saturated rings. The lowest BCUT2D eigenvalue weighted by atomic mass is 9.95. The number of benzene rings is 2. The van der Waals surface area contributed by atoms with E-state index in [1.165, 1.54) is 0 Å². The maximum Gasteiger partial charge on any atom is 0.231 e.